The average molecular weight is 432 g/mol. The molecule has 1 aliphatic carbocycles. The molecule has 1 saturated carbocycles. The maximum atomic E-state index is 13.0. The van der Waals surface area contributed by atoms with Crippen molar-refractivity contribution in [3.05, 3.63) is 58.9 Å². The third kappa shape index (κ3) is 4.24. The Morgan fingerprint density at radius 1 is 1.19 bits per heavy atom. The van der Waals surface area contributed by atoms with Crippen molar-refractivity contribution >= 4 is 22.8 Å². The van der Waals surface area contributed by atoms with Gasteiger partial charge in [-0.15, -0.1) is 0 Å². The molecule has 3 heterocycles. The number of H-pyrrole nitrogens is 1. The number of aromatic nitrogens is 3. The number of fused-ring (bicyclic) bond motifs is 3. The summed E-state index contributed by atoms with van der Waals surface area (Å²) in [5, 5.41) is 11.2. The monoisotopic (exact) mass is 431 g/mol. The van der Waals surface area contributed by atoms with Crippen LogP contribution in [0.4, 0.5) is 0 Å². The second-order valence-electron chi connectivity index (χ2n) is 9.27. The summed E-state index contributed by atoms with van der Waals surface area (Å²) in [6.07, 6.45) is 9.15. The van der Waals surface area contributed by atoms with Gasteiger partial charge in [0.05, 0.1) is 12.6 Å². The molecule has 0 unspecified atom stereocenters. The second-order valence-corrected chi connectivity index (χ2v) is 9.27. The fourth-order valence-corrected chi connectivity index (χ4v) is 4.95. The highest BCUT2D eigenvalue weighted by Gasteiger charge is 2.24. The van der Waals surface area contributed by atoms with Crippen LogP contribution in [0.25, 0.3) is 11.0 Å². The zero-order chi connectivity index (χ0) is 22.1. The fourth-order valence-electron chi connectivity index (χ4n) is 4.95. The van der Waals surface area contributed by atoms with E-state index in [-0.39, 0.29) is 17.9 Å². The minimum atomic E-state index is -0.0408. The molecule has 0 bridgehead atoms. The molecule has 2 N–H and O–H groups in total. The van der Waals surface area contributed by atoms with E-state index in [1.807, 2.05) is 41.6 Å². The predicted molar refractivity (Wildman–Crippen MR) is 122 cm³/mol. The molecule has 3 aromatic rings. The van der Waals surface area contributed by atoms with Crippen molar-refractivity contribution in [3.63, 3.8) is 0 Å². The lowest BCUT2D eigenvalue weighted by Crippen LogP contribution is -2.37. The number of hydrogen-bond acceptors (Lipinski definition) is 4. The minimum absolute atomic E-state index is 0.0408. The van der Waals surface area contributed by atoms with Gasteiger partial charge in [-0.3, -0.25) is 14.7 Å². The minimum Gasteiger partial charge on any atom is -0.349 e. The van der Waals surface area contributed by atoms with Gasteiger partial charge in [0.2, 0.25) is 5.91 Å². The third-order valence-corrected chi connectivity index (χ3v) is 6.92. The van der Waals surface area contributed by atoms with E-state index in [4.69, 9.17) is 0 Å². The van der Waals surface area contributed by atoms with Crippen molar-refractivity contribution in [2.75, 3.05) is 6.54 Å². The average Bonchev–Trinajstić information content (AvgIpc) is 3.30. The molecule has 1 fully saturated rings. The number of nitrogens with zero attached hydrogens (tertiary/aromatic N) is 3. The molecule has 7 heteroatoms. The summed E-state index contributed by atoms with van der Waals surface area (Å²) in [5.74, 6) is 0.781. The molecule has 2 amide bonds. The van der Waals surface area contributed by atoms with Crippen molar-refractivity contribution < 1.29 is 9.59 Å². The van der Waals surface area contributed by atoms with Gasteiger partial charge in [-0.1, -0.05) is 19.1 Å². The summed E-state index contributed by atoms with van der Waals surface area (Å²) in [6, 6.07) is 7.73. The molecule has 5 rings (SSSR count). The van der Waals surface area contributed by atoms with Crippen LogP contribution in [-0.4, -0.2) is 44.5 Å². The van der Waals surface area contributed by atoms with Gasteiger partial charge < -0.3 is 10.2 Å². The molecule has 0 atom stereocenters. The number of aromatic amines is 1. The van der Waals surface area contributed by atoms with E-state index in [9.17, 15) is 9.59 Å². The normalized spacial score (nSPS) is 20.7. The molecule has 0 radical (unpaired) electrons. The molecule has 2 aliphatic rings. The first-order valence-electron chi connectivity index (χ1n) is 11.5. The molecule has 166 valence electrons. The van der Waals surface area contributed by atoms with E-state index >= 15 is 0 Å². The summed E-state index contributed by atoms with van der Waals surface area (Å²) in [5.41, 5.74) is 4.59. The zero-order valence-electron chi connectivity index (χ0n) is 18.4. The van der Waals surface area contributed by atoms with E-state index in [1.54, 1.807) is 0 Å². The number of benzene rings is 1. The lowest BCUT2D eigenvalue weighted by Gasteiger charge is -2.29. The standard InChI is InChI=1S/C25H29N5O2/c1-16-5-7-20(8-6-16)28-25(32)18-4-2-3-17(11-18)12-23(31)30-10-9-21-19(15-30)13-26-24-22(21)14-27-29-24/h2-4,11,13-14,16,20H,5-10,12,15H2,1H3,(H,28,32)(H,26,27,29). The Balaban J connectivity index is 1.22. The van der Waals surface area contributed by atoms with Crippen LogP contribution in [0.1, 0.15) is 59.7 Å². The fraction of sp³-hybridized carbons (Fsp3) is 0.440. The molecule has 0 spiro atoms. The molecule has 0 saturated heterocycles. The summed E-state index contributed by atoms with van der Waals surface area (Å²) in [6.45, 7) is 3.51. The SMILES string of the molecule is CC1CCC(NC(=O)c2cccc(CC(=O)N3CCc4c(cnc5[nH]ncc45)C3)c2)CC1. The maximum Gasteiger partial charge on any atom is 0.251 e. The third-order valence-electron chi connectivity index (χ3n) is 6.92. The Kier molecular flexibility index (Phi) is 5.64. The highest BCUT2D eigenvalue weighted by Crippen LogP contribution is 2.26. The van der Waals surface area contributed by atoms with Crippen LogP contribution in [0.3, 0.4) is 0 Å². The van der Waals surface area contributed by atoms with E-state index in [0.29, 0.717) is 25.1 Å². The van der Waals surface area contributed by atoms with Gasteiger partial charge in [-0.2, -0.15) is 5.10 Å². The number of rotatable bonds is 4. The smallest absolute Gasteiger partial charge is 0.251 e. The molecule has 2 aromatic heterocycles. The zero-order valence-corrected chi connectivity index (χ0v) is 18.4. The Morgan fingerprint density at radius 3 is 2.88 bits per heavy atom. The predicted octanol–water partition coefficient (Wildman–Crippen LogP) is 3.39. The lowest BCUT2D eigenvalue weighted by atomic mass is 9.87. The van der Waals surface area contributed by atoms with Crippen molar-refractivity contribution in [2.45, 2.75) is 58.0 Å². The number of carbonyl (C=O) groups is 2. The quantitative estimate of drug-likeness (QED) is 0.662. The van der Waals surface area contributed by atoms with Crippen LogP contribution in [0.2, 0.25) is 0 Å². The summed E-state index contributed by atoms with van der Waals surface area (Å²) in [4.78, 5) is 32.0. The molecule has 7 nitrogen and oxygen atoms in total. The van der Waals surface area contributed by atoms with Crippen molar-refractivity contribution in [1.82, 2.24) is 25.4 Å². The Morgan fingerprint density at radius 2 is 2.03 bits per heavy atom. The summed E-state index contributed by atoms with van der Waals surface area (Å²) >= 11 is 0. The van der Waals surface area contributed by atoms with E-state index in [0.717, 1.165) is 47.3 Å². The van der Waals surface area contributed by atoms with Crippen LogP contribution >= 0.6 is 0 Å². The lowest BCUT2D eigenvalue weighted by molar-refractivity contribution is -0.131. The highest BCUT2D eigenvalue weighted by molar-refractivity contribution is 5.95. The van der Waals surface area contributed by atoms with Gasteiger partial charge in [-0.05, 0) is 66.8 Å². The summed E-state index contributed by atoms with van der Waals surface area (Å²) < 4.78 is 0. The van der Waals surface area contributed by atoms with Gasteiger partial charge in [-0.25, -0.2) is 4.98 Å². The molecular formula is C25H29N5O2. The number of hydrogen-bond donors (Lipinski definition) is 2. The largest absolute Gasteiger partial charge is 0.349 e. The number of amides is 2. The van der Waals surface area contributed by atoms with Crippen molar-refractivity contribution in [2.24, 2.45) is 5.92 Å². The van der Waals surface area contributed by atoms with Crippen molar-refractivity contribution in [1.29, 1.82) is 0 Å². The van der Waals surface area contributed by atoms with Crippen LogP contribution < -0.4 is 5.32 Å². The highest BCUT2D eigenvalue weighted by atomic mass is 16.2. The van der Waals surface area contributed by atoms with Crippen LogP contribution in [0.5, 0.6) is 0 Å². The van der Waals surface area contributed by atoms with Gasteiger partial charge in [0.15, 0.2) is 5.65 Å². The number of pyridine rings is 1. The van der Waals surface area contributed by atoms with Crippen LogP contribution in [0, 0.1) is 5.92 Å². The van der Waals surface area contributed by atoms with Crippen LogP contribution in [-0.2, 0) is 24.2 Å². The molecule has 1 aromatic carbocycles. The molecular weight excluding hydrogens is 402 g/mol. The van der Waals surface area contributed by atoms with Gasteiger partial charge >= 0.3 is 0 Å². The number of carbonyl (C=O) groups excluding carboxylic acids is 2. The Labute approximate surface area is 187 Å². The van der Waals surface area contributed by atoms with Gasteiger partial charge in [0.1, 0.15) is 0 Å². The van der Waals surface area contributed by atoms with Gasteiger partial charge in [0.25, 0.3) is 5.91 Å². The second kappa shape index (κ2) is 8.73. The Bertz CT molecular complexity index is 1150. The topological polar surface area (TPSA) is 91.0 Å². The first-order chi connectivity index (χ1) is 15.6. The number of nitrogens with one attached hydrogen (secondary N) is 2. The molecule has 1 aliphatic heterocycles. The molecule has 32 heavy (non-hydrogen) atoms. The van der Waals surface area contributed by atoms with E-state index < -0.39 is 0 Å². The van der Waals surface area contributed by atoms with E-state index in [2.05, 4.69) is 27.4 Å². The van der Waals surface area contributed by atoms with E-state index in [1.165, 1.54) is 18.4 Å². The first kappa shape index (κ1) is 20.7. The first-order valence-corrected chi connectivity index (χ1v) is 11.5. The van der Waals surface area contributed by atoms with Crippen molar-refractivity contribution in [3.8, 4) is 0 Å². The summed E-state index contributed by atoms with van der Waals surface area (Å²) in [7, 11) is 0. The van der Waals surface area contributed by atoms with Gasteiger partial charge in [0, 0.05) is 36.3 Å². The van der Waals surface area contributed by atoms with Crippen LogP contribution in [0.15, 0.2) is 36.7 Å². The maximum absolute atomic E-state index is 13.0. The Hall–Kier alpha value is -3.22.